The second-order valence-corrected chi connectivity index (χ2v) is 3.62. The van der Waals surface area contributed by atoms with E-state index in [1.807, 2.05) is 36.6 Å². The first-order valence-corrected chi connectivity index (χ1v) is 5.63. The number of nitrogens with zero attached hydrogens (tertiary/aromatic N) is 3. The normalized spacial score (nSPS) is 10.4. The lowest BCUT2D eigenvalue weighted by atomic mass is 10.4. The molecule has 0 radical (unpaired) electrons. The van der Waals surface area contributed by atoms with Crippen LogP contribution in [0.1, 0.15) is 19.7 Å². The van der Waals surface area contributed by atoms with Gasteiger partial charge in [0.05, 0.1) is 13.1 Å². The fourth-order valence-electron chi connectivity index (χ4n) is 1.54. The summed E-state index contributed by atoms with van der Waals surface area (Å²) < 4.78 is 1.94. The van der Waals surface area contributed by atoms with Crippen molar-refractivity contribution < 1.29 is 4.79 Å². The van der Waals surface area contributed by atoms with E-state index in [1.54, 1.807) is 6.20 Å². The Kier molecular flexibility index (Phi) is 4.98. The number of nitrogens with one attached hydrogen (secondary N) is 1. The Labute approximate surface area is 96.5 Å². The van der Waals surface area contributed by atoms with Crippen molar-refractivity contribution >= 4 is 5.91 Å². The van der Waals surface area contributed by atoms with Crippen LogP contribution in [0, 0.1) is 0 Å². The van der Waals surface area contributed by atoms with Crippen LogP contribution in [-0.4, -0.2) is 40.0 Å². The Hall–Kier alpha value is -1.36. The maximum atomic E-state index is 11.7. The molecule has 0 spiro atoms. The van der Waals surface area contributed by atoms with E-state index in [0.29, 0.717) is 13.1 Å². The molecule has 0 aliphatic carbocycles. The molecule has 16 heavy (non-hydrogen) atoms. The number of hydrogen-bond donors (Lipinski definition) is 1. The van der Waals surface area contributed by atoms with Gasteiger partial charge in [-0.25, -0.2) is 4.98 Å². The zero-order valence-corrected chi connectivity index (χ0v) is 10.2. The standard InChI is InChI=1S/C11H20N4O/c1-4-15(5-2)11(16)9-12-8-10-13-6-7-14(10)3/h6-7,12H,4-5,8-9H2,1-3H3. The largest absolute Gasteiger partial charge is 0.342 e. The number of imidazole rings is 1. The molecule has 5 heteroatoms. The molecule has 1 amide bonds. The molecular formula is C11H20N4O. The number of amides is 1. The summed E-state index contributed by atoms with van der Waals surface area (Å²) in [6.07, 6.45) is 3.65. The molecular weight excluding hydrogens is 204 g/mol. The van der Waals surface area contributed by atoms with E-state index < -0.39 is 0 Å². The SMILES string of the molecule is CCN(CC)C(=O)CNCc1nccn1C. The molecule has 0 bridgehead atoms. The molecule has 0 aliphatic heterocycles. The van der Waals surface area contributed by atoms with Gasteiger partial charge in [-0.05, 0) is 13.8 Å². The molecule has 0 saturated heterocycles. The van der Waals surface area contributed by atoms with Gasteiger partial charge in [-0.15, -0.1) is 0 Å². The van der Waals surface area contributed by atoms with E-state index >= 15 is 0 Å². The van der Waals surface area contributed by atoms with Crippen LogP contribution in [0.2, 0.25) is 0 Å². The molecule has 1 heterocycles. The van der Waals surface area contributed by atoms with Crippen molar-refractivity contribution in [2.75, 3.05) is 19.6 Å². The second-order valence-electron chi connectivity index (χ2n) is 3.62. The molecule has 0 saturated carbocycles. The summed E-state index contributed by atoms with van der Waals surface area (Å²) in [6, 6.07) is 0. The highest BCUT2D eigenvalue weighted by Crippen LogP contribution is 1.93. The van der Waals surface area contributed by atoms with Crippen LogP contribution in [0.25, 0.3) is 0 Å². The molecule has 1 aromatic heterocycles. The first kappa shape index (κ1) is 12.7. The van der Waals surface area contributed by atoms with Crippen molar-refractivity contribution in [1.29, 1.82) is 0 Å². The minimum Gasteiger partial charge on any atom is -0.342 e. The highest BCUT2D eigenvalue weighted by atomic mass is 16.2. The van der Waals surface area contributed by atoms with Gasteiger partial charge in [0.1, 0.15) is 5.82 Å². The van der Waals surface area contributed by atoms with Crippen molar-refractivity contribution in [1.82, 2.24) is 19.8 Å². The van der Waals surface area contributed by atoms with Crippen molar-refractivity contribution in [3.8, 4) is 0 Å². The van der Waals surface area contributed by atoms with Crippen LogP contribution in [-0.2, 0) is 18.4 Å². The lowest BCUT2D eigenvalue weighted by molar-refractivity contribution is -0.129. The van der Waals surface area contributed by atoms with Crippen molar-refractivity contribution in [3.63, 3.8) is 0 Å². The molecule has 1 rings (SSSR count). The summed E-state index contributed by atoms with van der Waals surface area (Å²) in [5.41, 5.74) is 0. The van der Waals surface area contributed by atoms with Crippen LogP contribution in [0.5, 0.6) is 0 Å². The average molecular weight is 224 g/mol. The zero-order valence-electron chi connectivity index (χ0n) is 10.2. The van der Waals surface area contributed by atoms with Crippen molar-refractivity contribution in [2.45, 2.75) is 20.4 Å². The third-order valence-electron chi connectivity index (χ3n) is 2.60. The monoisotopic (exact) mass is 224 g/mol. The van der Waals surface area contributed by atoms with Gasteiger partial charge in [0, 0.05) is 32.5 Å². The summed E-state index contributed by atoms with van der Waals surface area (Å²) in [6.45, 7) is 6.49. The van der Waals surface area contributed by atoms with E-state index in [1.165, 1.54) is 0 Å². The minimum absolute atomic E-state index is 0.138. The zero-order chi connectivity index (χ0) is 12.0. The van der Waals surface area contributed by atoms with Crippen LogP contribution in [0.4, 0.5) is 0 Å². The summed E-state index contributed by atoms with van der Waals surface area (Å²) in [4.78, 5) is 17.6. The summed E-state index contributed by atoms with van der Waals surface area (Å²) in [5.74, 6) is 1.08. The molecule has 0 fully saturated rings. The number of aryl methyl sites for hydroxylation is 1. The van der Waals surface area contributed by atoms with Gasteiger partial charge in [0.2, 0.25) is 5.91 Å². The Morgan fingerprint density at radius 2 is 2.19 bits per heavy atom. The molecule has 0 unspecified atom stereocenters. The second kappa shape index (κ2) is 6.27. The van der Waals surface area contributed by atoms with Crippen molar-refractivity contribution in [3.05, 3.63) is 18.2 Å². The van der Waals surface area contributed by atoms with Crippen LogP contribution in [0.15, 0.2) is 12.4 Å². The third kappa shape index (κ3) is 3.34. The lowest BCUT2D eigenvalue weighted by Crippen LogP contribution is -2.37. The van der Waals surface area contributed by atoms with Crippen LogP contribution in [0.3, 0.4) is 0 Å². The highest BCUT2D eigenvalue weighted by Gasteiger charge is 2.08. The van der Waals surface area contributed by atoms with Gasteiger partial charge in [-0.2, -0.15) is 0 Å². The number of aromatic nitrogens is 2. The summed E-state index contributed by atoms with van der Waals surface area (Å²) in [5, 5.41) is 3.10. The Bertz CT molecular complexity index is 330. The minimum atomic E-state index is 0.138. The average Bonchev–Trinajstić information content (AvgIpc) is 2.66. The van der Waals surface area contributed by atoms with Gasteiger partial charge >= 0.3 is 0 Å². The third-order valence-corrected chi connectivity index (χ3v) is 2.60. The smallest absolute Gasteiger partial charge is 0.236 e. The molecule has 1 N–H and O–H groups in total. The predicted molar refractivity (Wildman–Crippen MR) is 62.8 cm³/mol. The van der Waals surface area contributed by atoms with Gasteiger partial charge in [0.15, 0.2) is 0 Å². The maximum Gasteiger partial charge on any atom is 0.236 e. The first-order valence-electron chi connectivity index (χ1n) is 5.63. The van der Waals surface area contributed by atoms with E-state index in [0.717, 1.165) is 18.9 Å². The predicted octanol–water partition coefficient (Wildman–Crippen LogP) is 0.378. The van der Waals surface area contributed by atoms with E-state index in [2.05, 4.69) is 10.3 Å². The van der Waals surface area contributed by atoms with Crippen LogP contribution >= 0.6 is 0 Å². The number of carbonyl (C=O) groups excluding carboxylic acids is 1. The van der Waals surface area contributed by atoms with Gasteiger partial charge in [0.25, 0.3) is 0 Å². The fraction of sp³-hybridized carbons (Fsp3) is 0.636. The van der Waals surface area contributed by atoms with Crippen LogP contribution < -0.4 is 5.32 Å². The summed E-state index contributed by atoms with van der Waals surface area (Å²) >= 11 is 0. The quantitative estimate of drug-likeness (QED) is 0.760. The Balaban J connectivity index is 2.30. The molecule has 1 aromatic rings. The van der Waals surface area contributed by atoms with Gasteiger partial charge in [-0.3, -0.25) is 4.79 Å². The Morgan fingerprint density at radius 3 is 2.69 bits per heavy atom. The van der Waals surface area contributed by atoms with Gasteiger partial charge in [-0.1, -0.05) is 0 Å². The number of hydrogen-bond acceptors (Lipinski definition) is 3. The van der Waals surface area contributed by atoms with E-state index in [9.17, 15) is 4.79 Å². The fourth-order valence-corrected chi connectivity index (χ4v) is 1.54. The first-order chi connectivity index (χ1) is 7.69. The van der Waals surface area contributed by atoms with Gasteiger partial charge < -0.3 is 14.8 Å². The number of likely N-dealkylation sites (N-methyl/N-ethyl adjacent to an activating group) is 1. The van der Waals surface area contributed by atoms with Crippen molar-refractivity contribution in [2.24, 2.45) is 7.05 Å². The summed E-state index contributed by atoms with van der Waals surface area (Å²) in [7, 11) is 1.94. The maximum absolute atomic E-state index is 11.7. The topological polar surface area (TPSA) is 50.2 Å². The van der Waals surface area contributed by atoms with E-state index in [-0.39, 0.29) is 5.91 Å². The highest BCUT2D eigenvalue weighted by molar-refractivity contribution is 5.78. The Morgan fingerprint density at radius 1 is 1.50 bits per heavy atom. The molecule has 0 aromatic carbocycles. The van der Waals surface area contributed by atoms with E-state index in [4.69, 9.17) is 0 Å². The molecule has 90 valence electrons. The molecule has 0 atom stereocenters. The molecule has 5 nitrogen and oxygen atoms in total. The lowest BCUT2D eigenvalue weighted by Gasteiger charge is -2.18. The molecule has 0 aliphatic rings. The number of rotatable bonds is 6. The number of carbonyl (C=O) groups is 1.